The maximum Gasteiger partial charge on any atom is 0.417 e. The largest absolute Gasteiger partial charge is 0.417 e. The standard InChI is InChI=1S/C25H20F6N4O2/c1-23(22(37)32-13-14-6-2-4-8-17(14)24(26,27)28)34-19-11-10-15(12-20(19)35-23)33-21(36)16-7-3-5-9-18(16)25(29,30)31/h2-12,34-35H,13H2,1H3,(H,32,37)(H,33,36). The first-order chi connectivity index (χ1) is 17.3. The number of halogens is 6. The molecular formula is C25H20F6N4O2. The van der Waals surface area contributed by atoms with Crippen LogP contribution in [0.3, 0.4) is 0 Å². The Hall–Kier alpha value is -4.22. The minimum atomic E-state index is -4.72. The van der Waals surface area contributed by atoms with E-state index in [0.29, 0.717) is 11.4 Å². The van der Waals surface area contributed by atoms with Gasteiger partial charge < -0.3 is 21.3 Å². The summed E-state index contributed by atoms with van der Waals surface area (Å²) in [6.45, 7) is 1.10. The molecule has 0 fully saturated rings. The average molecular weight is 522 g/mol. The highest BCUT2D eigenvalue weighted by molar-refractivity contribution is 6.06. The molecule has 4 N–H and O–H groups in total. The zero-order valence-electron chi connectivity index (χ0n) is 19.1. The van der Waals surface area contributed by atoms with Crippen molar-refractivity contribution in [2.45, 2.75) is 31.5 Å². The number of carbonyl (C=O) groups excluding carboxylic acids is 2. The number of fused-ring (bicyclic) bond motifs is 1. The number of hydrogen-bond acceptors (Lipinski definition) is 4. The Morgan fingerprint density at radius 3 is 2.08 bits per heavy atom. The number of hydrogen-bond donors (Lipinski definition) is 4. The van der Waals surface area contributed by atoms with Crippen LogP contribution in [0, 0.1) is 0 Å². The lowest BCUT2D eigenvalue weighted by Crippen LogP contribution is -2.52. The van der Waals surface area contributed by atoms with Crippen LogP contribution in [0.15, 0.2) is 66.7 Å². The van der Waals surface area contributed by atoms with Crippen LogP contribution < -0.4 is 21.3 Å². The van der Waals surface area contributed by atoms with Crippen LogP contribution in [-0.2, 0) is 23.7 Å². The molecule has 0 aromatic heterocycles. The van der Waals surface area contributed by atoms with Crippen molar-refractivity contribution in [3.05, 3.63) is 89.0 Å². The molecule has 37 heavy (non-hydrogen) atoms. The molecule has 3 aromatic carbocycles. The van der Waals surface area contributed by atoms with E-state index in [0.717, 1.165) is 18.2 Å². The second-order valence-electron chi connectivity index (χ2n) is 8.47. The van der Waals surface area contributed by atoms with E-state index in [-0.39, 0.29) is 17.8 Å². The van der Waals surface area contributed by atoms with Crippen LogP contribution >= 0.6 is 0 Å². The van der Waals surface area contributed by atoms with Crippen molar-refractivity contribution in [1.82, 2.24) is 5.32 Å². The van der Waals surface area contributed by atoms with E-state index >= 15 is 0 Å². The number of anilines is 3. The predicted molar refractivity (Wildman–Crippen MR) is 125 cm³/mol. The zero-order chi connectivity index (χ0) is 27.0. The van der Waals surface area contributed by atoms with Crippen molar-refractivity contribution in [2.75, 3.05) is 16.0 Å². The highest BCUT2D eigenvalue weighted by Gasteiger charge is 2.40. The molecule has 6 nitrogen and oxygen atoms in total. The van der Waals surface area contributed by atoms with Crippen LogP contribution in [0.5, 0.6) is 0 Å². The lowest BCUT2D eigenvalue weighted by molar-refractivity contribution is -0.139. The summed E-state index contributed by atoms with van der Waals surface area (Å²) < 4.78 is 79.4. The summed E-state index contributed by atoms with van der Waals surface area (Å²) in [5, 5.41) is 10.7. The smallest absolute Gasteiger partial charge is 0.354 e. The van der Waals surface area contributed by atoms with Crippen LogP contribution in [0.4, 0.5) is 43.4 Å². The normalized spacial score (nSPS) is 16.8. The van der Waals surface area contributed by atoms with Gasteiger partial charge in [0.1, 0.15) is 0 Å². The van der Waals surface area contributed by atoms with Crippen molar-refractivity contribution in [3.63, 3.8) is 0 Å². The van der Waals surface area contributed by atoms with E-state index in [4.69, 9.17) is 0 Å². The molecular weight excluding hydrogens is 502 g/mol. The molecule has 0 radical (unpaired) electrons. The van der Waals surface area contributed by atoms with Crippen molar-refractivity contribution in [3.8, 4) is 0 Å². The summed E-state index contributed by atoms with van der Waals surface area (Å²) in [6, 6.07) is 13.6. The maximum absolute atomic E-state index is 13.2. The molecule has 0 saturated heterocycles. The van der Waals surface area contributed by atoms with Gasteiger partial charge in [-0.25, -0.2) is 0 Å². The van der Waals surface area contributed by atoms with Crippen molar-refractivity contribution < 1.29 is 35.9 Å². The second-order valence-corrected chi connectivity index (χ2v) is 8.47. The third-order valence-corrected chi connectivity index (χ3v) is 5.74. The average Bonchev–Trinajstić information content (AvgIpc) is 3.18. The van der Waals surface area contributed by atoms with Crippen LogP contribution in [-0.4, -0.2) is 17.5 Å². The third-order valence-electron chi connectivity index (χ3n) is 5.74. The van der Waals surface area contributed by atoms with Gasteiger partial charge in [0.15, 0.2) is 5.66 Å². The summed E-state index contributed by atoms with van der Waals surface area (Å²) in [6.07, 6.45) is -9.29. The van der Waals surface area contributed by atoms with E-state index in [2.05, 4.69) is 21.3 Å². The summed E-state index contributed by atoms with van der Waals surface area (Å²) in [5.74, 6) is -1.62. The van der Waals surface area contributed by atoms with Crippen molar-refractivity contribution >= 4 is 28.9 Å². The molecule has 1 aliphatic heterocycles. The summed E-state index contributed by atoms with van der Waals surface area (Å²) in [5.41, 5.74) is -3.07. The van der Waals surface area contributed by atoms with E-state index in [9.17, 15) is 35.9 Å². The Bertz CT molecular complexity index is 1360. The van der Waals surface area contributed by atoms with E-state index in [1.54, 1.807) is 0 Å². The van der Waals surface area contributed by atoms with Gasteiger partial charge >= 0.3 is 12.4 Å². The third kappa shape index (κ3) is 5.47. The van der Waals surface area contributed by atoms with Gasteiger partial charge in [0.2, 0.25) is 0 Å². The maximum atomic E-state index is 13.2. The summed E-state index contributed by atoms with van der Waals surface area (Å²) in [7, 11) is 0. The first-order valence-electron chi connectivity index (χ1n) is 10.9. The molecule has 0 spiro atoms. The minimum Gasteiger partial charge on any atom is -0.354 e. The molecule has 1 heterocycles. The Morgan fingerprint density at radius 2 is 1.41 bits per heavy atom. The number of carbonyl (C=O) groups is 2. The molecule has 1 atom stereocenters. The fourth-order valence-corrected chi connectivity index (χ4v) is 3.95. The SMILES string of the molecule is CC1(C(=O)NCc2ccccc2C(F)(F)F)Nc2ccc(NC(=O)c3ccccc3C(F)(F)F)cc2N1. The first-order valence-corrected chi connectivity index (χ1v) is 10.9. The van der Waals surface area contributed by atoms with E-state index in [1.807, 2.05) is 0 Å². The fourth-order valence-electron chi connectivity index (χ4n) is 3.95. The molecule has 1 aliphatic rings. The molecule has 1 unspecified atom stereocenters. The van der Waals surface area contributed by atoms with Gasteiger partial charge in [-0.05, 0) is 48.9 Å². The van der Waals surface area contributed by atoms with E-state index in [1.165, 1.54) is 55.5 Å². The Balaban J connectivity index is 1.46. The molecule has 12 heteroatoms. The van der Waals surface area contributed by atoms with Gasteiger partial charge in [-0.3, -0.25) is 9.59 Å². The van der Waals surface area contributed by atoms with Gasteiger partial charge in [0, 0.05) is 12.2 Å². The molecule has 0 saturated carbocycles. The summed E-state index contributed by atoms with van der Waals surface area (Å²) >= 11 is 0. The van der Waals surface area contributed by atoms with Gasteiger partial charge in [-0.1, -0.05) is 30.3 Å². The number of rotatable bonds is 5. The zero-order valence-corrected chi connectivity index (χ0v) is 19.1. The molecule has 3 aromatic rings. The minimum absolute atomic E-state index is 0.105. The van der Waals surface area contributed by atoms with Crippen LogP contribution in [0.2, 0.25) is 0 Å². The van der Waals surface area contributed by atoms with Crippen LogP contribution in [0.1, 0.15) is 34.0 Å². The fraction of sp³-hybridized carbons (Fsp3) is 0.200. The Morgan fingerprint density at radius 1 is 0.811 bits per heavy atom. The molecule has 0 bridgehead atoms. The lowest BCUT2D eigenvalue weighted by Gasteiger charge is -2.25. The van der Waals surface area contributed by atoms with Crippen molar-refractivity contribution in [1.29, 1.82) is 0 Å². The van der Waals surface area contributed by atoms with E-state index < -0.39 is 46.5 Å². The highest BCUT2D eigenvalue weighted by atomic mass is 19.4. The van der Waals surface area contributed by atoms with Crippen LogP contribution in [0.25, 0.3) is 0 Å². The van der Waals surface area contributed by atoms with Gasteiger partial charge in [0.05, 0.1) is 28.1 Å². The van der Waals surface area contributed by atoms with Gasteiger partial charge in [0.25, 0.3) is 11.8 Å². The molecule has 4 rings (SSSR count). The second kappa shape index (κ2) is 9.34. The highest BCUT2D eigenvalue weighted by Crippen LogP contribution is 2.37. The molecule has 2 amide bonds. The lowest BCUT2D eigenvalue weighted by atomic mass is 10.1. The molecule has 194 valence electrons. The Kier molecular flexibility index (Phi) is 6.53. The van der Waals surface area contributed by atoms with Gasteiger partial charge in [-0.15, -0.1) is 0 Å². The first kappa shape index (κ1) is 25.9. The number of amides is 2. The predicted octanol–water partition coefficient (Wildman–Crippen LogP) is 5.85. The topological polar surface area (TPSA) is 82.3 Å². The van der Waals surface area contributed by atoms with Crippen molar-refractivity contribution in [2.24, 2.45) is 0 Å². The number of benzene rings is 3. The molecule has 0 aliphatic carbocycles. The summed E-state index contributed by atoms with van der Waals surface area (Å²) in [4.78, 5) is 25.4. The Labute approximate surface area is 207 Å². The number of nitrogens with one attached hydrogen (secondary N) is 4. The monoisotopic (exact) mass is 522 g/mol. The van der Waals surface area contributed by atoms with Gasteiger partial charge in [-0.2, -0.15) is 26.3 Å². The quantitative estimate of drug-likeness (QED) is 0.317. The number of alkyl halides is 6.